The lowest BCUT2D eigenvalue weighted by Crippen LogP contribution is -2.32. The maximum atomic E-state index is 10.2. The number of aryl methyl sites for hydroxylation is 1. The van der Waals surface area contributed by atoms with E-state index in [-0.39, 0.29) is 6.04 Å². The van der Waals surface area contributed by atoms with Gasteiger partial charge < -0.3 is 10.4 Å². The first-order chi connectivity index (χ1) is 7.20. The van der Waals surface area contributed by atoms with Crippen molar-refractivity contribution in [3.05, 3.63) is 35.4 Å². The number of aliphatic hydroxyl groups excluding tert-OH is 1. The van der Waals surface area contributed by atoms with E-state index in [4.69, 9.17) is 0 Å². The minimum atomic E-state index is -0.416. The molecular weight excluding hydrogens is 186 g/mol. The van der Waals surface area contributed by atoms with E-state index in [0.717, 1.165) is 18.5 Å². The zero-order valence-electron chi connectivity index (χ0n) is 9.83. The van der Waals surface area contributed by atoms with Gasteiger partial charge in [-0.05, 0) is 31.0 Å². The van der Waals surface area contributed by atoms with Crippen LogP contribution in [0.25, 0.3) is 0 Å². The Balaban J connectivity index is 2.84. The van der Waals surface area contributed by atoms with Crippen LogP contribution in [0.4, 0.5) is 0 Å². The molecule has 0 aliphatic carbocycles. The van der Waals surface area contributed by atoms with Gasteiger partial charge in [0.15, 0.2) is 0 Å². The molecule has 0 saturated heterocycles. The van der Waals surface area contributed by atoms with Gasteiger partial charge in [-0.15, -0.1) is 0 Å². The number of nitrogens with one attached hydrogen (secondary N) is 1. The van der Waals surface area contributed by atoms with Crippen molar-refractivity contribution in [3.8, 4) is 0 Å². The Kier molecular flexibility index (Phi) is 4.79. The van der Waals surface area contributed by atoms with Gasteiger partial charge >= 0.3 is 0 Å². The average molecular weight is 207 g/mol. The summed E-state index contributed by atoms with van der Waals surface area (Å²) in [5.74, 6) is 0. The molecule has 0 spiro atoms. The monoisotopic (exact) mass is 207 g/mol. The lowest BCUT2D eigenvalue weighted by molar-refractivity contribution is 0.136. The van der Waals surface area contributed by atoms with Gasteiger partial charge in [-0.25, -0.2) is 0 Å². The lowest BCUT2D eigenvalue weighted by Gasteiger charge is -2.22. The van der Waals surface area contributed by atoms with Crippen LogP contribution >= 0.6 is 0 Å². The minimum Gasteiger partial charge on any atom is -0.387 e. The predicted octanol–water partition coefficient (Wildman–Crippen LogP) is 2.28. The molecular formula is C13H21NO. The third-order valence-corrected chi connectivity index (χ3v) is 2.75. The number of benzene rings is 1. The van der Waals surface area contributed by atoms with Gasteiger partial charge in [0.05, 0.1) is 6.10 Å². The van der Waals surface area contributed by atoms with E-state index in [2.05, 4.69) is 25.2 Å². The Labute approximate surface area is 92.3 Å². The third kappa shape index (κ3) is 3.05. The summed E-state index contributed by atoms with van der Waals surface area (Å²) in [5.41, 5.74) is 2.28. The molecule has 1 rings (SSSR count). The van der Waals surface area contributed by atoms with Crippen molar-refractivity contribution in [1.82, 2.24) is 5.32 Å². The van der Waals surface area contributed by atoms with E-state index in [9.17, 15) is 5.11 Å². The summed E-state index contributed by atoms with van der Waals surface area (Å²) in [6.45, 7) is 7.06. The summed E-state index contributed by atoms with van der Waals surface area (Å²) >= 11 is 0. The van der Waals surface area contributed by atoms with Crippen LogP contribution < -0.4 is 5.32 Å². The van der Waals surface area contributed by atoms with Gasteiger partial charge in [0.2, 0.25) is 0 Å². The molecule has 0 aliphatic rings. The molecule has 0 bridgehead atoms. The Hall–Kier alpha value is -0.860. The maximum absolute atomic E-state index is 10.2. The van der Waals surface area contributed by atoms with Crippen LogP contribution in [0.15, 0.2) is 24.3 Å². The topological polar surface area (TPSA) is 32.3 Å². The van der Waals surface area contributed by atoms with E-state index < -0.39 is 6.10 Å². The highest BCUT2D eigenvalue weighted by Gasteiger charge is 2.17. The van der Waals surface area contributed by atoms with Crippen LogP contribution in [0.2, 0.25) is 0 Å². The summed E-state index contributed by atoms with van der Waals surface area (Å²) < 4.78 is 0. The largest absolute Gasteiger partial charge is 0.387 e. The highest BCUT2D eigenvalue weighted by Crippen LogP contribution is 2.21. The van der Waals surface area contributed by atoms with Crippen molar-refractivity contribution in [2.75, 3.05) is 6.54 Å². The molecule has 1 aromatic rings. The summed E-state index contributed by atoms with van der Waals surface area (Å²) in [5, 5.41) is 13.4. The first-order valence-electron chi connectivity index (χ1n) is 5.69. The molecule has 2 N–H and O–H groups in total. The quantitative estimate of drug-likeness (QED) is 0.776. The number of likely N-dealkylation sites (N-methyl/N-ethyl adjacent to an activating group) is 1. The van der Waals surface area contributed by atoms with Gasteiger partial charge in [0.1, 0.15) is 0 Å². The van der Waals surface area contributed by atoms with E-state index >= 15 is 0 Å². The first kappa shape index (κ1) is 12.2. The average Bonchev–Trinajstić information content (AvgIpc) is 2.28. The number of aliphatic hydroxyl groups is 1. The molecule has 0 radical (unpaired) electrons. The van der Waals surface area contributed by atoms with Crippen LogP contribution in [0.3, 0.4) is 0 Å². The number of hydrogen-bond donors (Lipinski definition) is 2. The van der Waals surface area contributed by atoms with Crippen molar-refractivity contribution in [3.63, 3.8) is 0 Å². The second-order valence-electron chi connectivity index (χ2n) is 3.84. The molecule has 0 aliphatic heterocycles. The molecule has 0 heterocycles. The fourth-order valence-corrected chi connectivity index (χ4v) is 1.85. The first-order valence-corrected chi connectivity index (χ1v) is 5.69. The Bertz CT molecular complexity index is 298. The Morgan fingerprint density at radius 1 is 1.27 bits per heavy atom. The van der Waals surface area contributed by atoms with E-state index in [1.165, 1.54) is 5.56 Å². The standard InChI is InChI=1S/C13H21NO/c1-4-11-8-6-7-9-12(11)13(15)10(3)14-5-2/h6-10,13-15H,4-5H2,1-3H3. The molecule has 0 amide bonds. The highest BCUT2D eigenvalue weighted by molar-refractivity contribution is 5.29. The van der Waals surface area contributed by atoms with Gasteiger partial charge in [-0.2, -0.15) is 0 Å². The zero-order valence-corrected chi connectivity index (χ0v) is 9.83. The SMILES string of the molecule is CCNC(C)C(O)c1ccccc1CC. The predicted molar refractivity (Wildman–Crippen MR) is 63.9 cm³/mol. The second kappa shape index (κ2) is 5.89. The van der Waals surface area contributed by atoms with Crippen molar-refractivity contribution in [1.29, 1.82) is 0 Å². The van der Waals surface area contributed by atoms with Gasteiger partial charge in [0.25, 0.3) is 0 Å². The molecule has 15 heavy (non-hydrogen) atoms. The molecule has 0 fully saturated rings. The van der Waals surface area contributed by atoms with Crippen LogP contribution in [0, 0.1) is 0 Å². The number of hydrogen-bond acceptors (Lipinski definition) is 2. The van der Waals surface area contributed by atoms with Crippen molar-refractivity contribution < 1.29 is 5.11 Å². The summed E-state index contributed by atoms with van der Waals surface area (Å²) in [4.78, 5) is 0. The molecule has 84 valence electrons. The lowest BCUT2D eigenvalue weighted by atomic mass is 9.96. The molecule has 2 unspecified atom stereocenters. The Morgan fingerprint density at radius 2 is 1.93 bits per heavy atom. The zero-order chi connectivity index (χ0) is 11.3. The van der Waals surface area contributed by atoms with Crippen LogP contribution in [0.1, 0.15) is 38.0 Å². The summed E-state index contributed by atoms with van der Waals surface area (Å²) in [6.07, 6.45) is 0.549. The molecule has 2 nitrogen and oxygen atoms in total. The van der Waals surface area contributed by atoms with Crippen LogP contribution in [-0.4, -0.2) is 17.7 Å². The van der Waals surface area contributed by atoms with Crippen molar-refractivity contribution in [2.45, 2.75) is 39.3 Å². The van der Waals surface area contributed by atoms with Crippen molar-refractivity contribution >= 4 is 0 Å². The smallest absolute Gasteiger partial charge is 0.0942 e. The third-order valence-electron chi connectivity index (χ3n) is 2.75. The van der Waals surface area contributed by atoms with Crippen LogP contribution in [-0.2, 0) is 6.42 Å². The van der Waals surface area contributed by atoms with E-state index in [0.29, 0.717) is 0 Å². The number of rotatable bonds is 5. The summed E-state index contributed by atoms with van der Waals surface area (Å²) in [7, 11) is 0. The minimum absolute atomic E-state index is 0.0997. The van der Waals surface area contributed by atoms with E-state index in [1.54, 1.807) is 0 Å². The Morgan fingerprint density at radius 3 is 2.53 bits per heavy atom. The molecule has 2 atom stereocenters. The van der Waals surface area contributed by atoms with Crippen LogP contribution in [0.5, 0.6) is 0 Å². The molecule has 2 heteroatoms. The normalized spacial score (nSPS) is 14.9. The molecule has 1 aromatic carbocycles. The van der Waals surface area contributed by atoms with Crippen molar-refractivity contribution in [2.24, 2.45) is 0 Å². The molecule has 0 saturated carbocycles. The van der Waals surface area contributed by atoms with Gasteiger partial charge in [-0.3, -0.25) is 0 Å². The second-order valence-corrected chi connectivity index (χ2v) is 3.84. The van der Waals surface area contributed by atoms with E-state index in [1.807, 2.05) is 25.1 Å². The fourth-order valence-electron chi connectivity index (χ4n) is 1.85. The van der Waals surface area contributed by atoms with Gasteiger partial charge in [-0.1, -0.05) is 38.1 Å². The highest BCUT2D eigenvalue weighted by atomic mass is 16.3. The maximum Gasteiger partial charge on any atom is 0.0942 e. The van der Waals surface area contributed by atoms with Gasteiger partial charge in [0, 0.05) is 6.04 Å². The molecule has 0 aromatic heterocycles. The summed E-state index contributed by atoms with van der Waals surface area (Å²) in [6, 6.07) is 8.19. The fraction of sp³-hybridized carbons (Fsp3) is 0.538.